The molecule has 0 amide bonds. The summed E-state index contributed by atoms with van der Waals surface area (Å²) >= 11 is 9.05. The number of aryl methyl sites for hydroxylation is 2. The van der Waals surface area contributed by atoms with Gasteiger partial charge in [-0.1, -0.05) is 50.4 Å². The highest BCUT2D eigenvalue weighted by atomic mass is 32.1. The van der Waals surface area contributed by atoms with Crippen molar-refractivity contribution in [3.8, 4) is 43.2 Å². The van der Waals surface area contributed by atoms with Crippen LogP contribution in [0, 0.1) is 23.7 Å². The van der Waals surface area contributed by atoms with E-state index in [-0.39, 0.29) is 0 Å². The van der Waals surface area contributed by atoms with Crippen molar-refractivity contribution in [1.82, 2.24) is 0 Å². The lowest BCUT2D eigenvalue weighted by molar-refractivity contribution is 0.804. The Morgan fingerprint density at radius 3 is 1.43 bits per heavy atom. The van der Waals surface area contributed by atoms with Crippen LogP contribution in [-0.4, -0.2) is 0 Å². The zero-order chi connectivity index (χ0) is 25.5. The summed E-state index contributed by atoms with van der Waals surface area (Å²) in [6, 6.07) is 17.7. The molecule has 37 heavy (non-hydrogen) atoms. The predicted octanol–water partition coefficient (Wildman–Crippen LogP) is 10.8. The minimum absolute atomic E-state index is 1.12. The van der Waals surface area contributed by atoms with E-state index in [1.807, 2.05) is 34.0 Å². The van der Waals surface area contributed by atoms with Gasteiger partial charge in [0, 0.05) is 51.1 Å². The SMILES string of the molecule is CCCCc1cc(C#Cc2ccc(-c3ccc(-c4ccc(C#Cc5csc(CCCC)c5)s4)s3)s2)cs1. The van der Waals surface area contributed by atoms with Gasteiger partial charge in [0.2, 0.25) is 0 Å². The number of hydrogen-bond donors (Lipinski definition) is 0. The summed E-state index contributed by atoms with van der Waals surface area (Å²) in [5.74, 6) is 13.4. The molecule has 0 aromatic carbocycles. The van der Waals surface area contributed by atoms with Gasteiger partial charge in [-0.25, -0.2) is 0 Å². The normalized spacial score (nSPS) is 10.6. The van der Waals surface area contributed by atoms with Gasteiger partial charge in [-0.2, -0.15) is 0 Å². The molecule has 0 spiro atoms. The molecule has 0 radical (unpaired) electrons. The predicted molar refractivity (Wildman–Crippen MR) is 169 cm³/mol. The van der Waals surface area contributed by atoms with Crippen molar-refractivity contribution in [3.05, 3.63) is 89.9 Å². The van der Waals surface area contributed by atoms with Crippen molar-refractivity contribution in [3.63, 3.8) is 0 Å². The highest BCUT2D eigenvalue weighted by Crippen LogP contribution is 2.39. The molecule has 0 aliphatic heterocycles. The first-order chi connectivity index (χ1) is 18.2. The van der Waals surface area contributed by atoms with Crippen LogP contribution in [0.3, 0.4) is 0 Å². The topological polar surface area (TPSA) is 0 Å². The fourth-order valence-electron chi connectivity index (χ4n) is 3.80. The molecule has 0 nitrogen and oxygen atoms in total. The standard InChI is InChI=1S/C32H28S5/c1-3-5-7-27-19-23(21-33-27)9-11-25-13-15-29(35-25)31-17-18-32(37-31)30-16-14-26(36-30)12-10-24-20-28(34-22-24)8-6-4-2/h13-22H,3-8H2,1-2H3. The van der Waals surface area contributed by atoms with E-state index in [0.717, 1.165) is 20.9 Å². The molecular weight excluding hydrogens is 545 g/mol. The molecule has 0 N–H and O–H groups in total. The van der Waals surface area contributed by atoms with Crippen molar-refractivity contribution < 1.29 is 0 Å². The van der Waals surface area contributed by atoms with E-state index < -0.39 is 0 Å². The van der Waals surface area contributed by atoms with Crippen LogP contribution in [-0.2, 0) is 12.8 Å². The Morgan fingerprint density at radius 2 is 0.973 bits per heavy atom. The average molecular weight is 573 g/mol. The first kappa shape index (κ1) is 26.2. The molecule has 5 rings (SSSR count). The molecular formula is C32H28S5. The third-order valence-corrected chi connectivity index (χ3v) is 11.3. The summed E-state index contributed by atoms with van der Waals surface area (Å²) in [6.45, 7) is 4.48. The Hall–Kier alpha value is -2.38. The smallest absolute Gasteiger partial charge is 0.0779 e. The van der Waals surface area contributed by atoms with E-state index in [4.69, 9.17) is 0 Å². The second-order valence-electron chi connectivity index (χ2n) is 8.80. The first-order valence-electron chi connectivity index (χ1n) is 12.7. The van der Waals surface area contributed by atoms with E-state index in [1.165, 1.54) is 67.8 Å². The van der Waals surface area contributed by atoms with Gasteiger partial charge in [0.05, 0.1) is 9.75 Å². The third-order valence-electron chi connectivity index (χ3n) is 5.82. The van der Waals surface area contributed by atoms with E-state index in [0.29, 0.717) is 0 Å². The summed E-state index contributed by atoms with van der Waals surface area (Å²) in [4.78, 5) is 10.3. The highest BCUT2D eigenvalue weighted by Gasteiger charge is 2.09. The van der Waals surface area contributed by atoms with Crippen molar-refractivity contribution in [2.75, 3.05) is 0 Å². The van der Waals surface area contributed by atoms with Crippen LogP contribution in [0.25, 0.3) is 19.5 Å². The van der Waals surface area contributed by atoms with Crippen LogP contribution < -0.4 is 0 Å². The largest absolute Gasteiger partial charge is 0.148 e. The Morgan fingerprint density at radius 1 is 0.541 bits per heavy atom. The van der Waals surface area contributed by atoms with Crippen LogP contribution in [0.5, 0.6) is 0 Å². The second-order valence-corrected chi connectivity index (χ2v) is 14.0. The van der Waals surface area contributed by atoms with Crippen molar-refractivity contribution in [2.24, 2.45) is 0 Å². The summed E-state index contributed by atoms with van der Waals surface area (Å²) in [5, 5.41) is 4.37. The fraction of sp³-hybridized carbons (Fsp3) is 0.250. The Kier molecular flexibility index (Phi) is 9.16. The molecule has 0 saturated heterocycles. The van der Waals surface area contributed by atoms with Crippen molar-refractivity contribution in [2.45, 2.75) is 52.4 Å². The monoisotopic (exact) mass is 572 g/mol. The summed E-state index contributed by atoms with van der Waals surface area (Å²) < 4.78 is 0. The molecule has 186 valence electrons. The number of unbranched alkanes of at least 4 members (excludes halogenated alkanes) is 2. The molecule has 0 bridgehead atoms. The van der Waals surface area contributed by atoms with Crippen LogP contribution in [0.15, 0.2) is 59.3 Å². The van der Waals surface area contributed by atoms with E-state index >= 15 is 0 Å². The van der Waals surface area contributed by atoms with Crippen LogP contribution in [0.4, 0.5) is 0 Å². The van der Waals surface area contributed by atoms with E-state index in [1.54, 1.807) is 22.7 Å². The zero-order valence-electron chi connectivity index (χ0n) is 21.1. The van der Waals surface area contributed by atoms with Crippen molar-refractivity contribution in [1.29, 1.82) is 0 Å². The Bertz CT molecular complexity index is 1460. The summed E-state index contributed by atoms with van der Waals surface area (Å²) in [5.41, 5.74) is 2.27. The highest BCUT2D eigenvalue weighted by molar-refractivity contribution is 7.26. The lowest BCUT2D eigenvalue weighted by atomic mass is 10.2. The molecule has 0 fully saturated rings. The quantitative estimate of drug-likeness (QED) is 0.162. The van der Waals surface area contributed by atoms with Gasteiger partial charge in [-0.15, -0.1) is 56.7 Å². The maximum Gasteiger partial charge on any atom is 0.0779 e. The summed E-state index contributed by atoms with van der Waals surface area (Å²) in [7, 11) is 0. The molecule has 0 aliphatic carbocycles. The molecule has 0 aliphatic rings. The van der Waals surface area contributed by atoms with Gasteiger partial charge < -0.3 is 0 Å². The van der Waals surface area contributed by atoms with Crippen molar-refractivity contribution >= 4 is 56.7 Å². The lowest BCUT2D eigenvalue weighted by Crippen LogP contribution is -1.77. The maximum absolute atomic E-state index is 3.37. The Labute approximate surface area is 240 Å². The number of thiophene rings is 5. The molecule has 0 atom stereocenters. The van der Waals surface area contributed by atoms with E-state index in [9.17, 15) is 0 Å². The van der Waals surface area contributed by atoms with Crippen LogP contribution >= 0.6 is 56.7 Å². The van der Waals surface area contributed by atoms with Gasteiger partial charge in [-0.05, 0) is 74.2 Å². The molecule has 5 heteroatoms. The lowest BCUT2D eigenvalue weighted by Gasteiger charge is -1.91. The maximum atomic E-state index is 3.37. The Balaban J connectivity index is 1.23. The van der Waals surface area contributed by atoms with Gasteiger partial charge in [0.25, 0.3) is 0 Å². The van der Waals surface area contributed by atoms with Gasteiger partial charge in [0.1, 0.15) is 0 Å². The van der Waals surface area contributed by atoms with Crippen LogP contribution in [0.1, 0.15) is 70.2 Å². The van der Waals surface area contributed by atoms with Gasteiger partial charge in [-0.3, -0.25) is 0 Å². The van der Waals surface area contributed by atoms with E-state index in [2.05, 4.69) is 96.8 Å². The van der Waals surface area contributed by atoms with Gasteiger partial charge >= 0.3 is 0 Å². The molecule has 5 aromatic heterocycles. The molecule has 5 heterocycles. The van der Waals surface area contributed by atoms with Gasteiger partial charge in [0.15, 0.2) is 0 Å². The fourth-order valence-corrected chi connectivity index (χ4v) is 8.43. The number of hydrogen-bond acceptors (Lipinski definition) is 5. The van der Waals surface area contributed by atoms with Crippen LogP contribution in [0.2, 0.25) is 0 Å². The second kappa shape index (κ2) is 12.9. The first-order valence-corrected chi connectivity index (χ1v) is 16.9. The molecule has 0 unspecified atom stereocenters. The molecule has 5 aromatic rings. The number of rotatable bonds is 8. The minimum atomic E-state index is 1.12. The molecule has 0 saturated carbocycles. The minimum Gasteiger partial charge on any atom is -0.148 e. The summed E-state index contributed by atoms with van der Waals surface area (Å²) in [6.07, 6.45) is 7.30. The average Bonchev–Trinajstić information content (AvgIpc) is 3.73. The third kappa shape index (κ3) is 7.14. The zero-order valence-corrected chi connectivity index (χ0v) is 25.1.